The van der Waals surface area contributed by atoms with Crippen LogP contribution < -0.4 is 5.48 Å². The number of benzene rings is 2. The Morgan fingerprint density at radius 2 is 1.61 bits per heavy atom. The first-order valence-electron chi connectivity index (χ1n) is 5.87. The van der Waals surface area contributed by atoms with Crippen LogP contribution in [0.3, 0.4) is 0 Å². The van der Waals surface area contributed by atoms with Gasteiger partial charge >= 0.3 is 0 Å². The highest BCUT2D eigenvalue weighted by molar-refractivity contribution is 5.94. The van der Waals surface area contributed by atoms with Crippen LogP contribution in [0.4, 0.5) is 0 Å². The number of hydrogen-bond donors (Lipinski definition) is 2. The van der Waals surface area contributed by atoms with Crippen molar-refractivity contribution in [3.63, 3.8) is 0 Å². The Labute approximate surface area is 106 Å². The minimum absolute atomic E-state index is 0.460. The Morgan fingerprint density at radius 3 is 2.33 bits per heavy atom. The number of aryl methyl sites for hydroxylation is 2. The maximum absolute atomic E-state index is 11.5. The highest BCUT2D eigenvalue weighted by atomic mass is 16.5. The van der Waals surface area contributed by atoms with Gasteiger partial charge in [0.25, 0.3) is 5.91 Å². The summed E-state index contributed by atoms with van der Waals surface area (Å²) < 4.78 is 0. The second-order valence-corrected chi connectivity index (χ2v) is 4.08. The molecule has 0 unspecified atom stereocenters. The van der Waals surface area contributed by atoms with E-state index in [0.717, 1.165) is 18.4 Å². The van der Waals surface area contributed by atoms with Crippen LogP contribution in [0.5, 0.6) is 0 Å². The maximum Gasteiger partial charge on any atom is 0.274 e. The van der Waals surface area contributed by atoms with Crippen LogP contribution in [0, 0.1) is 0 Å². The molecule has 0 saturated carbocycles. The van der Waals surface area contributed by atoms with E-state index in [1.165, 1.54) is 5.56 Å². The fraction of sp³-hybridized carbons (Fsp3) is 0.133. The van der Waals surface area contributed by atoms with E-state index >= 15 is 0 Å². The zero-order valence-corrected chi connectivity index (χ0v) is 9.97. The van der Waals surface area contributed by atoms with Gasteiger partial charge < -0.3 is 0 Å². The molecular weight excluding hydrogens is 226 g/mol. The smallest absolute Gasteiger partial charge is 0.274 e. The molecule has 0 saturated heterocycles. The lowest BCUT2D eigenvalue weighted by molar-refractivity contribution is 0.0705. The highest BCUT2D eigenvalue weighted by Gasteiger charge is 2.09. The molecular formula is C15H15NO2. The molecule has 0 aliphatic rings. The summed E-state index contributed by atoms with van der Waals surface area (Å²) in [5.41, 5.74) is 4.38. The van der Waals surface area contributed by atoms with Gasteiger partial charge in [0.2, 0.25) is 0 Å². The Bertz CT molecular complexity index is 523. The van der Waals surface area contributed by atoms with Gasteiger partial charge in [0.15, 0.2) is 0 Å². The minimum Gasteiger partial charge on any atom is -0.288 e. The Kier molecular flexibility index (Phi) is 4.10. The zero-order chi connectivity index (χ0) is 12.8. The van der Waals surface area contributed by atoms with Gasteiger partial charge in [-0.1, -0.05) is 48.5 Å². The van der Waals surface area contributed by atoms with Crippen molar-refractivity contribution >= 4 is 5.91 Å². The van der Waals surface area contributed by atoms with E-state index in [0.29, 0.717) is 5.56 Å². The Balaban J connectivity index is 2.12. The van der Waals surface area contributed by atoms with Crippen molar-refractivity contribution in [2.45, 2.75) is 12.8 Å². The summed E-state index contributed by atoms with van der Waals surface area (Å²) in [4.78, 5) is 11.5. The molecule has 18 heavy (non-hydrogen) atoms. The SMILES string of the molecule is O=C(NO)c1ccccc1CCc1ccccc1. The molecule has 0 aliphatic carbocycles. The molecule has 0 atom stereocenters. The molecule has 0 fully saturated rings. The van der Waals surface area contributed by atoms with Gasteiger partial charge in [-0.3, -0.25) is 10.0 Å². The lowest BCUT2D eigenvalue weighted by Gasteiger charge is -2.07. The van der Waals surface area contributed by atoms with Crippen molar-refractivity contribution < 1.29 is 10.0 Å². The van der Waals surface area contributed by atoms with E-state index in [2.05, 4.69) is 12.1 Å². The monoisotopic (exact) mass is 241 g/mol. The van der Waals surface area contributed by atoms with Crippen LogP contribution in [0.2, 0.25) is 0 Å². The summed E-state index contributed by atoms with van der Waals surface area (Å²) >= 11 is 0. The lowest BCUT2D eigenvalue weighted by atomic mass is 9.99. The predicted molar refractivity (Wildman–Crippen MR) is 69.5 cm³/mol. The average molecular weight is 241 g/mol. The van der Waals surface area contributed by atoms with Crippen molar-refractivity contribution in [2.75, 3.05) is 0 Å². The van der Waals surface area contributed by atoms with Crippen LogP contribution in [-0.2, 0) is 12.8 Å². The van der Waals surface area contributed by atoms with Gasteiger partial charge in [0, 0.05) is 5.56 Å². The fourth-order valence-corrected chi connectivity index (χ4v) is 1.94. The van der Waals surface area contributed by atoms with Crippen LogP contribution in [0.25, 0.3) is 0 Å². The number of carbonyl (C=O) groups is 1. The molecule has 2 N–H and O–H groups in total. The van der Waals surface area contributed by atoms with Gasteiger partial charge in [-0.15, -0.1) is 0 Å². The number of hydroxylamine groups is 1. The topological polar surface area (TPSA) is 49.3 Å². The van der Waals surface area contributed by atoms with E-state index in [1.807, 2.05) is 30.3 Å². The quantitative estimate of drug-likeness (QED) is 0.638. The van der Waals surface area contributed by atoms with E-state index in [1.54, 1.807) is 17.6 Å². The van der Waals surface area contributed by atoms with Crippen LogP contribution in [0.1, 0.15) is 21.5 Å². The summed E-state index contributed by atoms with van der Waals surface area (Å²) in [6.07, 6.45) is 1.64. The highest BCUT2D eigenvalue weighted by Crippen LogP contribution is 2.12. The minimum atomic E-state index is -0.460. The van der Waals surface area contributed by atoms with Gasteiger partial charge in [-0.2, -0.15) is 0 Å². The van der Waals surface area contributed by atoms with Crippen LogP contribution >= 0.6 is 0 Å². The maximum atomic E-state index is 11.5. The van der Waals surface area contributed by atoms with Crippen molar-refractivity contribution in [3.8, 4) is 0 Å². The normalized spacial score (nSPS) is 10.1. The van der Waals surface area contributed by atoms with Crippen molar-refractivity contribution in [1.82, 2.24) is 5.48 Å². The Morgan fingerprint density at radius 1 is 0.944 bits per heavy atom. The van der Waals surface area contributed by atoms with Crippen molar-refractivity contribution in [3.05, 3.63) is 71.3 Å². The lowest BCUT2D eigenvalue weighted by Crippen LogP contribution is -2.20. The molecule has 0 heterocycles. The molecule has 3 nitrogen and oxygen atoms in total. The molecule has 2 rings (SSSR count). The van der Waals surface area contributed by atoms with E-state index < -0.39 is 5.91 Å². The first-order chi connectivity index (χ1) is 8.81. The number of carbonyl (C=O) groups excluding carboxylic acids is 1. The summed E-state index contributed by atoms with van der Waals surface area (Å²) in [7, 11) is 0. The summed E-state index contributed by atoms with van der Waals surface area (Å²) in [6, 6.07) is 17.4. The molecule has 92 valence electrons. The van der Waals surface area contributed by atoms with Crippen molar-refractivity contribution in [2.24, 2.45) is 0 Å². The number of hydrogen-bond acceptors (Lipinski definition) is 2. The van der Waals surface area contributed by atoms with Crippen LogP contribution in [-0.4, -0.2) is 11.1 Å². The van der Waals surface area contributed by atoms with Gasteiger partial charge in [-0.25, -0.2) is 5.48 Å². The molecule has 0 aliphatic heterocycles. The third kappa shape index (κ3) is 2.96. The third-order valence-corrected chi connectivity index (χ3v) is 2.89. The van der Waals surface area contributed by atoms with Gasteiger partial charge in [-0.05, 0) is 30.0 Å². The molecule has 2 aromatic rings. The number of amides is 1. The third-order valence-electron chi connectivity index (χ3n) is 2.89. The second-order valence-electron chi connectivity index (χ2n) is 4.08. The summed E-state index contributed by atoms with van der Waals surface area (Å²) in [5, 5.41) is 8.70. The molecule has 2 aromatic carbocycles. The first-order valence-corrected chi connectivity index (χ1v) is 5.87. The fourth-order valence-electron chi connectivity index (χ4n) is 1.94. The largest absolute Gasteiger partial charge is 0.288 e. The second kappa shape index (κ2) is 5.98. The van der Waals surface area contributed by atoms with Crippen LogP contribution in [0.15, 0.2) is 54.6 Å². The van der Waals surface area contributed by atoms with Gasteiger partial charge in [0.05, 0.1) is 0 Å². The Hall–Kier alpha value is -2.13. The molecule has 0 radical (unpaired) electrons. The molecule has 3 heteroatoms. The first kappa shape index (κ1) is 12.3. The molecule has 0 bridgehead atoms. The van der Waals surface area contributed by atoms with E-state index in [9.17, 15) is 4.79 Å². The summed E-state index contributed by atoms with van der Waals surface area (Å²) in [6.45, 7) is 0. The van der Waals surface area contributed by atoms with E-state index in [-0.39, 0.29) is 0 Å². The van der Waals surface area contributed by atoms with Gasteiger partial charge in [0.1, 0.15) is 0 Å². The molecule has 0 aromatic heterocycles. The molecule has 1 amide bonds. The standard InChI is InChI=1S/C15H15NO2/c17-15(16-18)14-9-5-4-8-13(14)11-10-12-6-2-1-3-7-12/h1-9,18H,10-11H2,(H,16,17). The number of nitrogens with one attached hydrogen (secondary N) is 1. The zero-order valence-electron chi connectivity index (χ0n) is 9.97. The predicted octanol–water partition coefficient (Wildman–Crippen LogP) is 2.59. The summed E-state index contributed by atoms with van der Waals surface area (Å²) in [5.74, 6) is -0.460. The average Bonchev–Trinajstić information content (AvgIpc) is 2.45. The number of rotatable bonds is 4. The van der Waals surface area contributed by atoms with E-state index in [4.69, 9.17) is 5.21 Å². The van der Waals surface area contributed by atoms with Crippen molar-refractivity contribution in [1.29, 1.82) is 0 Å². The molecule has 0 spiro atoms.